The smallest absolute Gasteiger partial charge is 0.167 e. The van der Waals surface area contributed by atoms with Gasteiger partial charge >= 0.3 is 0 Å². The molecule has 3 heteroatoms. The van der Waals surface area contributed by atoms with E-state index in [2.05, 4.69) is 61.5 Å². The van der Waals surface area contributed by atoms with Gasteiger partial charge in [0.05, 0.1) is 5.66 Å². The monoisotopic (exact) mass is 398 g/mol. The minimum atomic E-state index is -0.226. The number of hydrogen-bond acceptors (Lipinski definition) is 1. The van der Waals surface area contributed by atoms with E-state index >= 15 is 0 Å². The molecule has 0 bridgehead atoms. The van der Waals surface area contributed by atoms with E-state index < -0.39 is 0 Å². The van der Waals surface area contributed by atoms with Crippen LogP contribution < -0.4 is 0 Å². The summed E-state index contributed by atoms with van der Waals surface area (Å²) in [7, 11) is 0.760. The molecule has 0 radical (unpaired) electrons. The van der Waals surface area contributed by atoms with Crippen molar-refractivity contribution in [2.24, 2.45) is 10.8 Å². The summed E-state index contributed by atoms with van der Waals surface area (Å²) in [5.74, 6) is 0.460. The highest BCUT2D eigenvalue weighted by Gasteiger charge is 2.45. The molecule has 1 rings (SSSR count). The summed E-state index contributed by atoms with van der Waals surface area (Å²) in [5.41, 5.74) is 1.97. The van der Waals surface area contributed by atoms with Crippen molar-refractivity contribution in [1.29, 1.82) is 0 Å². The summed E-state index contributed by atoms with van der Waals surface area (Å²) in [6.45, 7) is 18.1. The van der Waals surface area contributed by atoms with Crippen molar-refractivity contribution in [3.05, 3.63) is 11.6 Å². The van der Waals surface area contributed by atoms with Crippen LogP contribution in [0.4, 0.5) is 0 Å². The summed E-state index contributed by atoms with van der Waals surface area (Å²) < 4.78 is 0. The van der Waals surface area contributed by atoms with Crippen molar-refractivity contribution >= 4 is 21.7 Å². The third-order valence-corrected chi connectivity index (χ3v) is 12.6. The molecule has 0 amide bonds. The lowest BCUT2D eigenvalue weighted by molar-refractivity contribution is -0.117. The molecular formula is C23H44OP2. The van der Waals surface area contributed by atoms with E-state index in [1.54, 1.807) is 0 Å². The first-order valence-electron chi connectivity index (χ1n) is 10.8. The van der Waals surface area contributed by atoms with Crippen molar-refractivity contribution in [2.45, 2.75) is 112 Å². The molecule has 0 N–H and O–H groups in total. The van der Waals surface area contributed by atoms with Crippen LogP contribution in [-0.2, 0) is 4.79 Å². The lowest BCUT2D eigenvalue weighted by atomic mass is 9.77. The molecule has 0 aromatic rings. The van der Waals surface area contributed by atoms with Gasteiger partial charge in [0, 0.05) is 0 Å². The van der Waals surface area contributed by atoms with E-state index in [0.717, 1.165) is 13.8 Å². The Morgan fingerprint density at radius 1 is 0.962 bits per heavy atom. The van der Waals surface area contributed by atoms with Crippen LogP contribution in [0.2, 0.25) is 0 Å². The molecule has 1 aliphatic rings. The predicted octanol–water partition coefficient (Wildman–Crippen LogP) is 8.17. The average molecular weight is 399 g/mol. The quantitative estimate of drug-likeness (QED) is 0.283. The van der Waals surface area contributed by atoms with Gasteiger partial charge in [0.25, 0.3) is 0 Å². The van der Waals surface area contributed by atoms with E-state index in [-0.39, 0.29) is 24.1 Å². The summed E-state index contributed by atoms with van der Waals surface area (Å²) in [4.78, 5) is 13.4. The topological polar surface area (TPSA) is 17.1 Å². The fourth-order valence-electron chi connectivity index (χ4n) is 3.87. The average Bonchev–Trinajstić information content (AvgIpc) is 2.50. The normalized spacial score (nSPS) is 25.2. The van der Waals surface area contributed by atoms with Crippen molar-refractivity contribution in [3.63, 3.8) is 0 Å². The van der Waals surface area contributed by atoms with Crippen molar-refractivity contribution in [3.8, 4) is 0 Å². The molecule has 152 valence electrons. The van der Waals surface area contributed by atoms with Crippen molar-refractivity contribution in [1.82, 2.24) is 0 Å². The summed E-state index contributed by atoms with van der Waals surface area (Å²) in [5, 5.41) is 0. The first-order valence-corrected chi connectivity index (χ1v) is 14.3. The van der Waals surface area contributed by atoms with E-state index in [0.29, 0.717) is 11.4 Å². The van der Waals surface area contributed by atoms with Gasteiger partial charge in [-0.2, -0.15) is 0 Å². The zero-order valence-corrected chi connectivity index (χ0v) is 20.6. The van der Waals surface area contributed by atoms with Gasteiger partial charge in [-0.05, 0) is 34.6 Å². The molecule has 0 saturated heterocycles. The lowest BCUT2D eigenvalue weighted by Crippen LogP contribution is -2.40. The van der Waals surface area contributed by atoms with Crippen LogP contribution in [0.1, 0.15) is 100 Å². The summed E-state index contributed by atoms with van der Waals surface area (Å²) in [6.07, 6.45) is 13.3. The zero-order valence-electron chi connectivity index (χ0n) is 18.7. The standard InChI is InChI=1S/C23H44OP2/c1-9-10-11-12-13-14-15-16-25-26-18(2)17-19(22(3,4)5)20(24)21(26)23(6,7)8/h17-18,21,25H,9-16H2,1-8H3. The highest BCUT2D eigenvalue weighted by molar-refractivity contribution is 8.22. The van der Waals surface area contributed by atoms with E-state index in [9.17, 15) is 4.79 Å². The third-order valence-electron chi connectivity index (χ3n) is 5.34. The molecule has 26 heavy (non-hydrogen) atoms. The zero-order chi connectivity index (χ0) is 20.0. The molecule has 0 spiro atoms. The van der Waals surface area contributed by atoms with Gasteiger partial charge in [-0.3, -0.25) is 4.79 Å². The molecule has 4 atom stereocenters. The minimum absolute atomic E-state index is 0.0299. The molecule has 1 aliphatic heterocycles. The molecule has 4 unspecified atom stereocenters. The Hall–Kier alpha value is 0.270. The van der Waals surface area contributed by atoms with Crippen LogP contribution in [0.15, 0.2) is 11.6 Å². The van der Waals surface area contributed by atoms with Crippen LogP contribution >= 0.6 is 15.9 Å². The Morgan fingerprint density at radius 3 is 2.00 bits per heavy atom. The van der Waals surface area contributed by atoms with Gasteiger partial charge in [-0.1, -0.05) is 116 Å². The predicted molar refractivity (Wildman–Crippen MR) is 123 cm³/mol. The van der Waals surface area contributed by atoms with Crippen LogP contribution in [0.25, 0.3) is 0 Å². The first kappa shape index (κ1) is 24.3. The fourth-order valence-corrected chi connectivity index (χ4v) is 11.4. The number of rotatable bonds is 9. The van der Waals surface area contributed by atoms with Crippen LogP contribution in [0.3, 0.4) is 0 Å². The highest BCUT2D eigenvalue weighted by atomic mass is 32.0. The fraction of sp³-hybridized carbons (Fsp3) is 0.870. The number of ketones is 1. The van der Waals surface area contributed by atoms with E-state index in [4.69, 9.17) is 0 Å². The maximum Gasteiger partial charge on any atom is 0.167 e. The second kappa shape index (κ2) is 10.7. The number of carbonyl (C=O) groups excluding carboxylic acids is 1. The van der Waals surface area contributed by atoms with E-state index in [1.807, 2.05) is 0 Å². The Labute approximate surface area is 167 Å². The van der Waals surface area contributed by atoms with Crippen LogP contribution in [-0.4, -0.2) is 23.3 Å². The molecular weight excluding hydrogens is 354 g/mol. The van der Waals surface area contributed by atoms with Gasteiger partial charge < -0.3 is 0 Å². The number of allylic oxidation sites excluding steroid dienone is 2. The second-order valence-electron chi connectivity index (χ2n) is 10.1. The molecule has 0 fully saturated rings. The van der Waals surface area contributed by atoms with Gasteiger partial charge in [-0.15, -0.1) is 0 Å². The van der Waals surface area contributed by atoms with Crippen LogP contribution in [0.5, 0.6) is 0 Å². The number of unbranched alkanes of at least 4 members (excludes halogenated alkanes) is 6. The maximum absolute atomic E-state index is 13.4. The molecule has 0 aromatic heterocycles. The minimum Gasteiger partial charge on any atom is -0.294 e. The SMILES string of the molecule is CCCCCCCCCPP1C(C)C=C(C(C)(C)C)C(=O)C1C(C)(C)C. The number of Topliss-reactive ketones (excluding diaryl/α,β-unsaturated/α-hetero) is 1. The Bertz CT molecular complexity index is 468. The highest BCUT2D eigenvalue weighted by Crippen LogP contribution is 2.69. The lowest BCUT2D eigenvalue weighted by Gasteiger charge is -2.44. The Kier molecular flexibility index (Phi) is 10.0. The first-order chi connectivity index (χ1) is 12.0. The van der Waals surface area contributed by atoms with Gasteiger partial charge in [0.15, 0.2) is 5.78 Å². The summed E-state index contributed by atoms with van der Waals surface area (Å²) in [6, 6.07) is 0. The maximum atomic E-state index is 13.4. The molecule has 1 heterocycles. The molecule has 1 nitrogen and oxygen atoms in total. The molecule has 0 saturated carbocycles. The third kappa shape index (κ3) is 7.36. The van der Waals surface area contributed by atoms with Gasteiger partial charge in [-0.25, -0.2) is 0 Å². The second-order valence-corrected chi connectivity index (χ2v) is 15.6. The van der Waals surface area contributed by atoms with Crippen LogP contribution in [0, 0.1) is 10.8 Å². The Balaban J connectivity index is 2.67. The number of carbonyl (C=O) groups is 1. The summed E-state index contributed by atoms with van der Waals surface area (Å²) >= 11 is 0. The molecule has 0 aliphatic carbocycles. The number of hydrogen-bond donors (Lipinski definition) is 0. The van der Waals surface area contributed by atoms with Gasteiger partial charge in [0.1, 0.15) is 0 Å². The Morgan fingerprint density at radius 2 is 1.50 bits per heavy atom. The van der Waals surface area contributed by atoms with Gasteiger partial charge in [0.2, 0.25) is 0 Å². The van der Waals surface area contributed by atoms with Crippen molar-refractivity contribution < 1.29 is 4.79 Å². The largest absolute Gasteiger partial charge is 0.294 e. The van der Waals surface area contributed by atoms with Crippen molar-refractivity contribution in [2.75, 3.05) is 6.16 Å². The van der Waals surface area contributed by atoms with E-state index in [1.165, 1.54) is 51.1 Å². The molecule has 0 aromatic carbocycles.